The van der Waals surface area contributed by atoms with E-state index in [1.54, 1.807) is 24.7 Å². The van der Waals surface area contributed by atoms with E-state index in [0.29, 0.717) is 49.2 Å². The first-order chi connectivity index (χ1) is 26.2. The molecule has 0 atom stereocenters. The van der Waals surface area contributed by atoms with Crippen molar-refractivity contribution in [3.63, 3.8) is 0 Å². The normalized spacial score (nSPS) is 9.27. The average molecular weight is 1140 g/mol. The monoisotopic (exact) mass is 1140 g/mol. The van der Waals surface area contributed by atoms with Gasteiger partial charge < -0.3 is 34.0 Å². The van der Waals surface area contributed by atoms with Gasteiger partial charge in [0.1, 0.15) is 16.6 Å². The van der Waals surface area contributed by atoms with Gasteiger partial charge in [-0.1, -0.05) is 89.4 Å². The first-order valence-corrected chi connectivity index (χ1v) is 21.2. The summed E-state index contributed by atoms with van der Waals surface area (Å²) in [7, 11) is 0. The number of Topliss-reactive ketones (excluding diaryl/α,β-unsaturated/α-hetero) is 1. The first-order valence-electron chi connectivity index (χ1n) is 14.8. The maximum absolute atomic E-state index is 11.7. The van der Waals surface area contributed by atoms with Crippen LogP contribution in [0.25, 0.3) is 22.1 Å². The molecule has 6 heterocycles. The molecule has 0 radical (unpaired) electrons. The van der Waals surface area contributed by atoms with E-state index in [2.05, 4.69) is 84.1 Å². The number of alkyl halides is 1. The molecule has 0 amide bonds. The molecule has 0 aliphatic rings. The molecule has 6 rings (SSSR count). The molecule has 0 aromatic carbocycles. The van der Waals surface area contributed by atoms with Crippen LogP contribution in [0.15, 0.2) is 79.6 Å². The number of hydrogen-bond acceptors (Lipinski definition) is 19. The van der Waals surface area contributed by atoms with Crippen molar-refractivity contribution in [2.24, 2.45) is 5.73 Å². The Morgan fingerprint density at radius 2 is 1.34 bits per heavy atom. The second-order valence-electron chi connectivity index (χ2n) is 9.77. The average Bonchev–Trinajstić information content (AvgIpc) is 3.18. The molecule has 0 saturated carbocycles. The molecular weight excluding hydrogens is 1100 g/mol. The van der Waals surface area contributed by atoms with Gasteiger partial charge in [-0.15, -0.1) is 5.39 Å². The number of nitrogens with two attached hydrogens (primary N) is 2. The quantitative estimate of drug-likeness (QED) is 0.0159. The molecule has 0 aliphatic heterocycles. The zero-order valence-electron chi connectivity index (χ0n) is 31.1. The third-order valence-corrected chi connectivity index (χ3v) is 9.09. The summed E-state index contributed by atoms with van der Waals surface area (Å²) in [6.45, 7) is 4.77. The van der Waals surface area contributed by atoms with Crippen LogP contribution in [0.3, 0.4) is 0 Å². The maximum Gasteiger partial charge on any atom is 2.00 e. The van der Waals surface area contributed by atoms with Crippen molar-refractivity contribution in [2.75, 3.05) is 36.1 Å². The summed E-state index contributed by atoms with van der Waals surface area (Å²) in [5.74, 6) is -0.360. The van der Waals surface area contributed by atoms with Gasteiger partial charge in [-0.3, -0.25) is 24.2 Å². The number of halogens is 2. The minimum absolute atomic E-state index is 0. The fourth-order valence-corrected chi connectivity index (χ4v) is 5.25. The number of nitrogens with zero attached hydrogens (tertiary/aromatic N) is 8. The molecule has 0 saturated heterocycles. The number of carbonyl (C=O) groups is 2. The van der Waals surface area contributed by atoms with Crippen molar-refractivity contribution in [3.8, 4) is 0 Å². The standard InChI is InChI=1S/C10H8BrN3O2S.C8H6N3OS.C6H7ClN2S.C6H7N3OS.C2H5NO.2CH4.CH3.W/c1-17-10-12-4-5-2-6(7(15)3-11)9(16)13-8(5)14-10;1-13-8-9-4-5-2-3-6(12)10-7(5)11-8;1-4-3-8-6(10-2)9-5(4)7;1-11-6-8-2-4(3-10)5(7)9-6;1-2(3)4;;;;/h2,4H,3H2,1H3,(H,12,13,14,16);2,4H,1H3,(H,9,10,11,12);3H,1-2H3;2-3H,1H3,(H2,7,8,9);4H,1,3H2;2*1H4;1H3;/q;-1;;;;;;-1;+2. The van der Waals surface area contributed by atoms with Crippen LogP contribution in [-0.4, -0.2) is 97.4 Å². The topological polar surface area (TPSA) is 275 Å². The molecule has 0 unspecified atom stereocenters. The summed E-state index contributed by atoms with van der Waals surface area (Å²) in [5, 5.41) is 12.2. The Hall–Kier alpha value is -3.92. The fourth-order valence-electron chi connectivity index (χ4n) is 3.40. The van der Waals surface area contributed by atoms with Gasteiger partial charge in [-0.25, -0.2) is 41.0 Å². The Morgan fingerprint density at radius 1 is 0.881 bits per heavy atom. The minimum atomic E-state index is -0.423. The Kier molecular flexibility index (Phi) is 31.2. The number of H-pyrrole nitrogens is 2. The number of aryl methyl sites for hydroxylation is 1. The largest absolute Gasteiger partial charge is 2.00 e. The number of thioether (sulfide) groups is 4. The van der Waals surface area contributed by atoms with Crippen LogP contribution in [0.1, 0.15) is 41.1 Å². The van der Waals surface area contributed by atoms with Crippen LogP contribution in [-0.2, 0) is 21.1 Å². The molecule has 24 heteroatoms. The van der Waals surface area contributed by atoms with E-state index in [4.69, 9.17) is 22.4 Å². The predicted molar refractivity (Wildman–Crippen MR) is 244 cm³/mol. The van der Waals surface area contributed by atoms with Crippen molar-refractivity contribution in [1.82, 2.24) is 49.8 Å². The van der Waals surface area contributed by atoms with Gasteiger partial charge in [0.15, 0.2) is 44.1 Å². The summed E-state index contributed by atoms with van der Waals surface area (Å²) in [6.07, 6.45) is 14.5. The Bertz CT molecular complexity index is 2380. The summed E-state index contributed by atoms with van der Waals surface area (Å²) < 4.78 is 0. The van der Waals surface area contributed by atoms with E-state index in [0.717, 1.165) is 16.1 Å². The first kappa shape index (κ1) is 59.4. The number of aromatic nitrogens is 10. The third kappa shape index (κ3) is 20.3. The number of aliphatic hydroxyl groups is 1. The van der Waals surface area contributed by atoms with Gasteiger partial charge in [0, 0.05) is 29.5 Å². The Balaban J connectivity index is -0.000000684. The molecule has 7 N–H and O–H groups in total. The Morgan fingerprint density at radius 3 is 1.81 bits per heavy atom. The summed E-state index contributed by atoms with van der Waals surface area (Å²) in [4.78, 5) is 81.7. The number of aliphatic hydroxyl groups excluding tert-OH is 1. The van der Waals surface area contributed by atoms with Gasteiger partial charge in [0.25, 0.3) is 5.56 Å². The minimum Gasteiger partial charge on any atom is -0.495 e. The number of anilines is 1. The van der Waals surface area contributed by atoms with E-state index in [9.17, 15) is 19.2 Å². The van der Waals surface area contributed by atoms with Gasteiger partial charge >= 0.3 is 21.1 Å². The van der Waals surface area contributed by atoms with Gasteiger partial charge in [0.05, 0.1) is 22.1 Å². The molecular formula is C35H44BrClN12O5S4W. The van der Waals surface area contributed by atoms with Crippen molar-refractivity contribution >= 4 is 115 Å². The molecule has 0 fully saturated rings. The van der Waals surface area contributed by atoms with Crippen LogP contribution >= 0.6 is 74.6 Å². The number of fused-ring (bicyclic) bond motifs is 2. The second kappa shape index (κ2) is 31.0. The number of pyridine rings is 2. The molecule has 0 spiro atoms. The van der Waals surface area contributed by atoms with Crippen molar-refractivity contribution in [1.29, 1.82) is 0 Å². The fraction of sp³-hybridized carbons (Fsp3) is 0.229. The second-order valence-corrected chi connectivity index (χ2v) is 13.8. The molecule has 17 nitrogen and oxygen atoms in total. The SMILES string of the molecule is C.C.C=C(N)O.CSc1ncc(C)c(Cl)n1.CSc1ncc(C=O)c(N)n1.CSc1ncc2c[c-]c(=O)[nH]c2n1.CSc1ncc2cc(C(=O)CBr)c(=O)[nH]c2n1.[CH3-].[W+2]. The van der Waals surface area contributed by atoms with Crippen LogP contribution < -0.4 is 22.6 Å². The summed E-state index contributed by atoms with van der Waals surface area (Å²) in [5.41, 5.74) is 11.6. The van der Waals surface area contributed by atoms with Crippen LogP contribution in [0.4, 0.5) is 5.82 Å². The van der Waals surface area contributed by atoms with Gasteiger partial charge in [0.2, 0.25) is 0 Å². The van der Waals surface area contributed by atoms with Crippen LogP contribution in [0.2, 0.25) is 5.15 Å². The molecule has 0 bridgehead atoms. The van der Waals surface area contributed by atoms with E-state index in [-0.39, 0.29) is 77.3 Å². The number of rotatable bonds is 7. The van der Waals surface area contributed by atoms with E-state index >= 15 is 0 Å². The number of carbonyl (C=O) groups excluding carboxylic acids is 2. The predicted octanol–water partition coefficient (Wildman–Crippen LogP) is 6.91. The van der Waals surface area contributed by atoms with E-state index < -0.39 is 5.56 Å². The number of aldehydes is 1. The molecule has 318 valence electrons. The maximum atomic E-state index is 11.7. The van der Waals surface area contributed by atoms with Gasteiger partial charge in [-0.2, -0.15) is 6.07 Å². The number of nitrogens with one attached hydrogen (secondary N) is 2. The van der Waals surface area contributed by atoms with Crippen LogP contribution in [0.5, 0.6) is 0 Å². The van der Waals surface area contributed by atoms with E-state index in [1.807, 2.05) is 31.9 Å². The number of hydrogen-bond donors (Lipinski definition) is 5. The number of aromatic amines is 2. The number of nitrogen functional groups attached to an aromatic ring is 1. The number of ketones is 1. The molecule has 6 aromatic heterocycles. The third-order valence-electron chi connectivity index (χ3n) is 5.95. The Labute approximate surface area is 386 Å². The molecule has 6 aromatic rings. The molecule has 0 aliphatic carbocycles. The van der Waals surface area contributed by atoms with Gasteiger partial charge in [-0.05, 0) is 50.8 Å². The zero-order valence-corrected chi connectivity index (χ0v) is 39.6. The zero-order chi connectivity index (χ0) is 41.1. The molecule has 59 heavy (non-hydrogen) atoms. The summed E-state index contributed by atoms with van der Waals surface area (Å²) >= 11 is 14.5. The van der Waals surface area contributed by atoms with Crippen molar-refractivity contribution in [2.45, 2.75) is 42.4 Å². The smallest absolute Gasteiger partial charge is 0.495 e. The van der Waals surface area contributed by atoms with Crippen molar-refractivity contribution in [3.05, 3.63) is 105 Å². The van der Waals surface area contributed by atoms with Crippen LogP contribution in [0, 0.1) is 20.4 Å². The van der Waals surface area contributed by atoms with Crippen molar-refractivity contribution < 1.29 is 35.8 Å². The summed E-state index contributed by atoms with van der Waals surface area (Å²) in [6, 6.07) is 5.61. The van der Waals surface area contributed by atoms with E-state index in [1.165, 1.54) is 59.3 Å².